The highest BCUT2D eigenvalue weighted by Crippen LogP contribution is 2.11. The maximum absolute atomic E-state index is 11.6. The summed E-state index contributed by atoms with van der Waals surface area (Å²) in [5, 5.41) is 0.681. The van der Waals surface area contributed by atoms with Gasteiger partial charge in [0, 0.05) is 18.6 Å². The number of thiocarbonyl (C=S) groups is 1. The van der Waals surface area contributed by atoms with Crippen LogP contribution < -0.4 is 5.73 Å². The van der Waals surface area contributed by atoms with Crippen LogP contribution in [0.25, 0.3) is 0 Å². The number of halogens is 1. The Bertz CT molecular complexity index is 391. The number of amides is 1. The second-order valence-corrected chi connectivity index (χ2v) is 4.48. The normalized spacial score (nSPS) is 9.88. The van der Waals surface area contributed by atoms with E-state index in [2.05, 4.69) is 12.2 Å². The molecule has 0 saturated heterocycles. The second kappa shape index (κ2) is 5.82. The third-order valence-corrected chi connectivity index (χ3v) is 2.48. The van der Waals surface area contributed by atoms with E-state index in [-0.39, 0.29) is 17.3 Å². The minimum Gasteiger partial charge on any atom is -0.393 e. The fourth-order valence-corrected chi connectivity index (χ4v) is 1.49. The molecule has 5 heteroatoms. The number of nitrogens with zero attached hydrogens (tertiary/aromatic N) is 1. The van der Waals surface area contributed by atoms with Crippen molar-refractivity contribution in [3.63, 3.8) is 0 Å². The third-order valence-electron chi connectivity index (χ3n) is 2.08. The van der Waals surface area contributed by atoms with E-state index >= 15 is 0 Å². The van der Waals surface area contributed by atoms with Crippen LogP contribution in [0, 0.1) is 0 Å². The van der Waals surface area contributed by atoms with Crippen LogP contribution in [-0.4, -0.2) is 22.8 Å². The first-order chi connectivity index (χ1) is 7.49. The molecule has 0 aromatic heterocycles. The van der Waals surface area contributed by atoms with Gasteiger partial charge in [0.1, 0.15) is 0 Å². The van der Waals surface area contributed by atoms with E-state index in [0.29, 0.717) is 11.6 Å². The van der Waals surface area contributed by atoms with Crippen molar-refractivity contribution >= 4 is 34.7 Å². The summed E-state index contributed by atoms with van der Waals surface area (Å²) >= 11 is 10.5. The quantitative estimate of drug-likeness (QED) is 0.838. The molecule has 1 aromatic carbocycles. The maximum atomic E-state index is 11.6. The number of hydrogen-bond donors (Lipinski definition) is 1. The monoisotopic (exact) mass is 256 g/mol. The van der Waals surface area contributed by atoms with Crippen molar-refractivity contribution in [1.82, 2.24) is 4.90 Å². The van der Waals surface area contributed by atoms with Crippen LogP contribution in [0.2, 0.25) is 5.02 Å². The lowest BCUT2D eigenvalue weighted by molar-refractivity contribution is -0.129. The van der Waals surface area contributed by atoms with E-state index in [1.165, 1.54) is 0 Å². The van der Waals surface area contributed by atoms with Crippen LogP contribution in [0.3, 0.4) is 0 Å². The van der Waals surface area contributed by atoms with Gasteiger partial charge in [-0.25, -0.2) is 0 Å². The molecule has 0 aliphatic heterocycles. The summed E-state index contributed by atoms with van der Waals surface area (Å²) in [7, 11) is 1.72. The topological polar surface area (TPSA) is 46.3 Å². The van der Waals surface area contributed by atoms with Gasteiger partial charge in [-0.05, 0) is 17.7 Å². The van der Waals surface area contributed by atoms with Gasteiger partial charge in [-0.1, -0.05) is 36.0 Å². The molecule has 2 N–H and O–H groups in total. The molecule has 86 valence electrons. The largest absolute Gasteiger partial charge is 0.393 e. The Kier molecular flexibility index (Phi) is 4.71. The smallest absolute Gasteiger partial charge is 0.229 e. The van der Waals surface area contributed by atoms with Crippen LogP contribution in [0.5, 0.6) is 0 Å². The van der Waals surface area contributed by atoms with E-state index < -0.39 is 0 Å². The lowest BCUT2D eigenvalue weighted by atomic mass is 10.2. The fraction of sp³-hybridized carbons (Fsp3) is 0.273. The van der Waals surface area contributed by atoms with Gasteiger partial charge in [0.25, 0.3) is 0 Å². The Hall–Kier alpha value is -1.13. The predicted octanol–water partition coefficient (Wildman–Crippen LogP) is 1.97. The van der Waals surface area contributed by atoms with Gasteiger partial charge in [0.15, 0.2) is 0 Å². The minimum absolute atomic E-state index is 0.0811. The van der Waals surface area contributed by atoms with Crippen LogP contribution in [-0.2, 0) is 11.3 Å². The number of nitrogens with two attached hydrogens (primary N) is 1. The number of benzene rings is 1. The Morgan fingerprint density at radius 2 is 2.00 bits per heavy atom. The molecule has 3 nitrogen and oxygen atoms in total. The van der Waals surface area contributed by atoms with Gasteiger partial charge in [0.05, 0.1) is 11.4 Å². The van der Waals surface area contributed by atoms with Crippen LogP contribution in [0.4, 0.5) is 0 Å². The summed E-state index contributed by atoms with van der Waals surface area (Å²) in [6.07, 6.45) is 0.111. The van der Waals surface area contributed by atoms with E-state index in [4.69, 9.17) is 17.3 Å². The molecule has 0 fully saturated rings. The van der Waals surface area contributed by atoms with Gasteiger partial charge in [-0.2, -0.15) is 0 Å². The van der Waals surface area contributed by atoms with Crippen molar-refractivity contribution in [2.24, 2.45) is 5.73 Å². The van der Waals surface area contributed by atoms with E-state index in [0.717, 1.165) is 5.56 Å². The van der Waals surface area contributed by atoms with Crippen molar-refractivity contribution in [3.8, 4) is 0 Å². The first-order valence-electron chi connectivity index (χ1n) is 4.75. The average molecular weight is 257 g/mol. The second-order valence-electron chi connectivity index (χ2n) is 3.52. The molecule has 0 aliphatic rings. The zero-order chi connectivity index (χ0) is 12.1. The SMILES string of the molecule is CN(Cc1ccc(Cl)cc1)C(=O)CC(N)=S. The molecule has 0 spiro atoms. The molecule has 0 bridgehead atoms. The number of carbonyl (C=O) groups is 1. The van der Waals surface area contributed by atoms with Gasteiger partial charge in [0.2, 0.25) is 5.91 Å². The first kappa shape index (κ1) is 12.9. The van der Waals surface area contributed by atoms with Crippen molar-refractivity contribution < 1.29 is 4.79 Å². The minimum atomic E-state index is -0.0811. The Morgan fingerprint density at radius 3 is 2.50 bits per heavy atom. The average Bonchev–Trinajstić information content (AvgIpc) is 2.20. The summed E-state index contributed by atoms with van der Waals surface area (Å²) < 4.78 is 0. The number of hydrogen-bond acceptors (Lipinski definition) is 2. The highest BCUT2D eigenvalue weighted by Gasteiger charge is 2.09. The zero-order valence-electron chi connectivity index (χ0n) is 8.94. The summed E-state index contributed by atoms with van der Waals surface area (Å²) in [5.41, 5.74) is 6.33. The molecule has 1 amide bonds. The van der Waals surface area contributed by atoms with Crippen molar-refractivity contribution in [2.75, 3.05) is 7.05 Å². The standard InChI is InChI=1S/C11H13ClN2OS/c1-14(11(15)6-10(13)16)7-8-2-4-9(12)5-3-8/h2-5H,6-7H2,1H3,(H2,13,16). The summed E-state index contributed by atoms with van der Waals surface area (Å²) in [4.78, 5) is 13.4. The Labute approximate surface area is 105 Å². The molecule has 0 saturated carbocycles. The van der Waals surface area contributed by atoms with Gasteiger partial charge < -0.3 is 10.6 Å². The summed E-state index contributed by atoms with van der Waals surface area (Å²) in [6, 6.07) is 7.35. The first-order valence-corrected chi connectivity index (χ1v) is 5.54. The lowest BCUT2D eigenvalue weighted by Gasteiger charge is -2.16. The van der Waals surface area contributed by atoms with Gasteiger partial charge in [-0.3, -0.25) is 4.79 Å². The maximum Gasteiger partial charge on any atom is 0.229 e. The summed E-state index contributed by atoms with van der Waals surface area (Å²) in [5.74, 6) is -0.0811. The van der Waals surface area contributed by atoms with Crippen LogP contribution in [0.1, 0.15) is 12.0 Å². The highest BCUT2D eigenvalue weighted by atomic mass is 35.5. The van der Waals surface area contributed by atoms with Crippen LogP contribution >= 0.6 is 23.8 Å². The highest BCUT2D eigenvalue weighted by molar-refractivity contribution is 7.80. The third kappa shape index (κ3) is 4.16. The Morgan fingerprint density at radius 1 is 1.44 bits per heavy atom. The molecule has 0 heterocycles. The molecule has 1 aromatic rings. The zero-order valence-corrected chi connectivity index (χ0v) is 10.5. The molecule has 0 atom stereocenters. The van der Waals surface area contributed by atoms with Crippen molar-refractivity contribution in [2.45, 2.75) is 13.0 Å². The molecule has 16 heavy (non-hydrogen) atoms. The van der Waals surface area contributed by atoms with Crippen LogP contribution in [0.15, 0.2) is 24.3 Å². The number of carbonyl (C=O) groups excluding carboxylic acids is 1. The van der Waals surface area contributed by atoms with E-state index in [1.807, 2.05) is 12.1 Å². The molecule has 1 rings (SSSR count). The molecule has 0 unspecified atom stereocenters. The molecular weight excluding hydrogens is 244 g/mol. The number of rotatable bonds is 4. The predicted molar refractivity (Wildman–Crippen MR) is 69.3 cm³/mol. The van der Waals surface area contributed by atoms with E-state index in [9.17, 15) is 4.79 Å². The lowest BCUT2D eigenvalue weighted by Crippen LogP contribution is -2.29. The van der Waals surface area contributed by atoms with Crippen molar-refractivity contribution in [1.29, 1.82) is 0 Å². The van der Waals surface area contributed by atoms with Gasteiger partial charge >= 0.3 is 0 Å². The van der Waals surface area contributed by atoms with Crippen molar-refractivity contribution in [3.05, 3.63) is 34.9 Å². The Balaban J connectivity index is 2.57. The molecule has 0 radical (unpaired) electrons. The van der Waals surface area contributed by atoms with E-state index in [1.54, 1.807) is 24.1 Å². The molecule has 0 aliphatic carbocycles. The van der Waals surface area contributed by atoms with Gasteiger partial charge in [-0.15, -0.1) is 0 Å². The molecular formula is C11H13ClN2OS. The fourth-order valence-electron chi connectivity index (χ4n) is 1.24. The summed E-state index contributed by atoms with van der Waals surface area (Å²) in [6.45, 7) is 0.526.